The number of anilines is 1. The molecule has 1 aromatic carbocycles. The lowest BCUT2D eigenvalue weighted by Crippen LogP contribution is -2.36. The number of amides is 1. The van der Waals surface area contributed by atoms with Crippen LogP contribution in [0.5, 0.6) is 0 Å². The van der Waals surface area contributed by atoms with Gasteiger partial charge in [-0.1, -0.05) is 32.0 Å². The Morgan fingerprint density at radius 2 is 2.05 bits per heavy atom. The van der Waals surface area contributed by atoms with E-state index in [2.05, 4.69) is 30.1 Å². The third kappa shape index (κ3) is 2.13. The van der Waals surface area contributed by atoms with Gasteiger partial charge in [-0.3, -0.25) is 9.59 Å². The molecule has 2 heterocycles. The van der Waals surface area contributed by atoms with Crippen LogP contribution in [0.2, 0.25) is 0 Å². The van der Waals surface area contributed by atoms with E-state index >= 15 is 0 Å². The summed E-state index contributed by atoms with van der Waals surface area (Å²) in [6.07, 6.45) is 3.35. The maximum Gasteiger partial charge on any atom is 0.264 e. The summed E-state index contributed by atoms with van der Waals surface area (Å²) >= 11 is 0. The van der Waals surface area contributed by atoms with Crippen LogP contribution in [0.4, 0.5) is 5.69 Å². The lowest BCUT2D eigenvalue weighted by Gasteiger charge is -2.27. The van der Waals surface area contributed by atoms with Crippen LogP contribution in [0.3, 0.4) is 0 Å². The molecule has 0 fully saturated rings. The van der Waals surface area contributed by atoms with E-state index in [1.165, 1.54) is 17.8 Å². The molecule has 1 amide bonds. The second-order valence-electron chi connectivity index (χ2n) is 5.73. The number of para-hydroxylation sites is 1. The molecule has 0 spiro atoms. The van der Waals surface area contributed by atoms with Gasteiger partial charge in [0.2, 0.25) is 0 Å². The van der Waals surface area contributed by atoms with Crippen LogP contribution in [0.1, 0.15) is 42.6 Å². The number of carbonyl (C=O) groups excluding carboxylic acids is 1. The van der Waals surface area contributed by atoms with E-state index in [1.807, 2.05) is 18.2 Å². The molecule has 0 bridgehead atoms. The molecule has 5 heteroatoms. The van der Waals surface area contributed by atoms with Crippen molar-refractivity contribution in [3.8, 4) is 0 Å². The molecular weight excluding hydrogens is 278 g/mol. The Balaban J connectivity index is 2.06. The number of carbonyl (C=O) groups is 1. The normalized spacial score (nSPS) is 15.6. The van der Waals surface area contributed by atoms with E-state index in [4.69, 9.17) is 0 Å². The zero-order valence-corrected chi connectivity index (χ0v) is 12.8. The van der Waals surface area contributed by atoms with Gasteiger partial charge in [0.15, 0.2) is 0 Å². The van der Waals surface area contributed by atoms with Crippen molar-refractivity contribution in [2.75, 3.05) is 11.4 Å². The van der Waals surface area contributed by atoms with E-state index in [0.29, 0.717) is 12.1 Å². The number of hydrogen-bond acceptors (Lipinski definition) is 3. The average molecular weight is 297 g/mol. The molecule has 1 N–H and O–H groups in total. The Hall–Kier alpha value is -2.43. The van der Waals surface area contributed by atoms with Crippen LogP contribution in [-0.2, 0) is 5.41 Å². The fourth-order valence-electron chi connectivity index (χ4n) is 3.32. The number of rotatable bonds is 3. The molecule has 1 aliphatic rings. The Morgan fingerprint density at radius 1 is 1.32 bits per heavy atom. The fourth-order valence-corrected chi connectivity index (χ4v) is 3.32. The topological polar surface area (TPSA) is 66.1 Å². The van der Waals surface area contributed by atoms with Crippen molar-refractivity contribution in [2.24, 2.45) is 0 Å². The van der Waals surface area contributed by atoms with Gasteiger partial charge in [-0.15, -0.1) is 0 Å². The Labute approximate surface area is 129 Å². The van der Waals surface area contributed by atoms with Gasteiger partial charge in [-0.05, 0) is 24.5 Å². The van der Waals surface area contributed by atoms with Crippen molar-refractivity contribution in [3.05, 3.63) is 58.0 Å². The summed E-state index contributed by atoms with van der Waals surface area (Å²) in [6.45, 7) is 4.96. The van der Waals surface area contributed by atoms with Crippen LogP contribution < -0.4 is 10.5 Å². The maximum absolute atomic E-state index is 12.8. The fraction of sp³-hybridized carbons (Fsp3) is 0.353. The first-order valence-corrected chi connectivity index (χ1v) is 7.57. The standard InChI is InChI=1S/C17H19N3O2/c1-3-17(4-2)11-20(14-8-6-5-7-13(14)17)16(22)12-9-15(21)19-18-10-12/h5-10H,3-4,11H2,1-2H3,(H,19,21). The first-order valence-electron chi connectivity index (χ1n) is 7.57. The first kappa shape index (κ1) is 14.5. The number of hydrogen-bond donors (Lipinski definition) is 1. The molecule has 0 saturated heterocycles. The van der Waals surface area contributed by atoms with Gasteiger partial charge >= 0.3 is 0 Å². The third-order valence-electron chi connectivity index (χ3n) is 4.74. The second kappa shape index (κ2) is 5.40. The Kier molecular flexibility index (Phi) is 3.56. The minimum Gasteiger partial charge on any atom is -0.307 e. The van der Waals surface area contributed by atoms with Gasteiger partial charge in [0.1, 0.15) is 0 Å². The average Bonchev–Trinajstić information content (AvgIpc) is 2.89. The largest absolute Gasteiger partial charge is 0.307 e. The molecule has 0 saturated carbocycles. The van der Waals surface area contributed by atoms with Crippen molar-refractivity contribution in [2.45, 2.75) is 32.1 Å². The number of nitrogens with one attached hydrogen (secondary N) is 1. The van der Waals surface area contributed by atoms with E-state index in [-0.39, 0.29) is 16.9 Å². The van der Waals surface area contributed by atoms with Gasteiger partial charge in [-0.25, -0.2) is 5.10 Å². The molecule has 1 aliphatic heterocycles. The number of H-pyrrole nitrogens is 1. The van der Waals surface area contributed by atoms with Gasteiger partial charge < -0.3 is 4.90 Å². The predicted molar refractivity (Wildman–Crippen MR) is 85.2 cm³/mol. The van der Waals surface area contributed by atoms with Crippen molar-refractivity contribution in [1.29, 1.82) is 0 Å². The minimum absolute atomic E-state index is 0.0130. The molecule has 5 nitrogen and oxygen atoms in total. The number of benzene rings is 1. The number of fused-ring (bicyclic) bond motifs is 1. The van der Waals surface area contributed by atoms with Crippen molar-refractivity contribution >= 4 is 11.6 Å². The van der Waals surface area contributed by atoms with E-state index in [9.17, 15) is 9.59 Å². The lowest BCUT2D eigenvalue weighted by molar-refractivity contribution is 0.0983. The van der Waals surface area contributed by atoms with Gasteiger partial charge in [0, 0.05) is 23.7 Å². The van der Waals surface area contributed by atoms with Crippen molar-refractivity contribution in [3.63, 3.8) is 0 Å². The minimum atomic E-state index is -0.365. The molecule has 0 atom stereocenters. The summed E-state index contributed by atoms with van der Waals surface area (Å²) in [6, 6.07) is 9.33. The number of aromatic nitrogens is 2. The maximum atomic E-state index is 12.8. The summed E-state index contributed by atoms with van der Waals surface area (Å²) in [7, 11) is 0. The zero-order valence-electron chi connectivity index (χ0n) is 12.8. The first-order chi connectivity index (χ1) is 10.6. The van der Waals surface area contributed by atoms with Crippen LogP contribution in [0, 0.1) is 0 Å². The highest BCUT2D eigenvalue weighted by molar-refractivity contribution is 6.07. The van der Waals surface area contributed by atoms with Crippen LogP contribution in [-0.4, -0.2) is 22.6 Å². The molecule has 0 aliphatic carbocycles. The summed E-state index contributed by atoms with van der Waals surface area (Å²) in [4.78, 5) is 26.0. The summed E-state index contributed by atoms with van der Waals surface area (Å²) in [5.74, 6) is -0.171. The molecule has 1 aromatic heterocycles. The molecule has 22 heavy (non-hydrogen) atoms. The SMILES string of the molecule is CCC1(CC)CN(C(=O)c2cn[nH]c(=O)c2)c2ccccc21. The second-order valence-corrected chi connectivity index (χ2v) is 5.73. The molecular formula is C17H19N3O2. The van der Waals surface area contributed by atoms with Gasteiger partial charge in [0.25, 0.3) is 11.5 Å². The van der Waals surface area contributed by atoms with Crippen LogP contribution in [0.25, 0.3) is 0 Å². The van der Waals surface area contributed by atoms with Gasteiger partial charge in [0.05, 0.1) is 11.8 Å². The Morgan fingerprint density at radius 3 is 2.73 bits per heavy atom. The molecule has 0 radical (unpaired) electrons. The number of nitrogens with zero attached hydrogens (tertiary/aromatic N) is 2. The predicted octanol–water partition coefficient (Wildman–Crippen LogP) is 2.49. The van der Waals surface area contributed by atoms with Crippen LogP contribution >= 0.6 is 0 Å². The summed E-state index contributed by atoms with van der Waals surface area (Å²) < 4.78 is 0. The third-order valence-corrected chi connectivity index (χ3v) is 4.74. The molecule has 0 unspecified atom stereocenters. The van der Waals surface area contributed by atoms with Gasteiger partial charge in [-0.2, -0.15) is 5.10 Å². The van der Waals surface area contributed by atoms with E-state index in [0.717, 1.165) is 18.5 Å². The highest BCUT2D eigenvalue weighted by atomic mass is 16.2. The highest BCUT2D eigenvalue weighted by Gasteiger charge is 2.42. The Bertz CT molecular complexity index is 762. The molecule has 2 aromatic rings. The quantitative estimate of drug-likeness (QED) is 0.946. The number of aromatic amines is 1. The molecule has 114 valence electrons. The van der Waals surface area contributed by atoms with E-state index < -0.39 is 0 Å². The summed E-state index contributed by atoms with van der Waals surface area (Å²) in [5.41, 5.74) is 2.10. The van der Waals surface area contributed by atoms with Crippen molar-refractivity contribution in [1.82, 2.24) is 10.2 Å². The monoisotopic (exact) mass is 297 g/mol. The van der Waals surface area contributed by atoms with Crippen molar-refractivity contribution < 1.29 is 4.79 Å². The summed E-state index contributed by atoms with van der Waals surface area (Å²) in [5, 5.41) is 6.02. The smallest absolute Gasteiger partial charge is 0.264 e. The van der Waals surface area contributed by atoms with E-state index in [1.54, 1.807) is 4.90 Å². The zero-order chi connectivity index (χ0) is 15.7. The molecule has 3 rings (SSSR count). The highest BCUT2D eigenvalue weighted by Crippen LogP contribution is 2.45. The lowest BCUT2D eigenvalue weighted by atomic mass is 9.78. The van der Waals surface area contributed by atoms with Crippen LogP contribution in [0.15, 0.2) is 41.3 Å².